The standard InChI is InChI=1S/C13H14N2O3/c1-8-3-4-9(2)10(5-8)14-7-12-15-6-11(18-12)13(16)17/h3-6,14H,7H2,1-2H3,(H,16,17). The molecule has 0 aliphatic rings. The second kappa shape index (κ2) is 4.91. The van der Waals surface area contributed by atoms with Gasteiger partial charge < -0.3 is 14.8 Å². The largest absolute Gasteiger partial charge is 0.475 e. The summed E-state index contributed by atoms with van der Waals surface area (Å²) < 4.78 is 5.06. The predicted octanol–water partition coefficient (Wildman–Crippen LogP) is 2.60. The molecular formula is C13H14N2O3. The lowest BCUT2D eigenvalue weighted by atomic mass is 10.1. The molecule has 5 heteroatoms. The first-order valence-electron chi connectivity index (χ1n) is 5.55. The van der Waals surface area contributed by atoms with Gasteiger partial charge >= 0.3 is 5.97 Å². The zero-order valence-electron chi connectivity index (χ0n) is 10.2. The number of nitrogens with zero attached hydrogens (tertiary/aromatic N) is 1. The van der Waals surface area contributed by atoms with E-state index in [0.29, 0.717) is 12.4 Å². The summed E-state index contributed by atoms with van der Waals surface area (Å²) in [6, 6.07) is 6.08. The van der Waals surface area contributed by atoms with E-state index in [2.05, 4.69) is 10.3 Å². The highest BCUT2D eigenvalue weighted by atomic mass is 16.4. The van der Waals surface area contributed by atoms with Crippen LogP contribution in [0.3, 0.4) is 0 Å². The number of aromatic nitrogens is 1. The zero-order valence-corrected chi connectivity index (χ0v) is 10.2. The van der Waals surface area contributed by atoms with Crippen molar-refractivity contribution in [2.45, 2.75) is 20.4 Å². The van der Waals surface area contributed by atoms with Crippen molar-refractivity contribution in [3.05, 3.63) is 47.2 Å². The molecule has 0 saturated heterocycles. The van der Waals surface area contributed by atoms with Crippen LogP contribution in [0.25, 0.3) is 0 Å². The summed E-state index contributed by atoms with van der Waals surface area (Å²) in [6.07, 6.45) is 1.21. The minimum absolute atomic E-state index is 0.146. The van der Waals surface area contributed by atoms with Gasteiger partial charge in [-0.1, -0.05) is 12.1 Å². The number of carboxylic acid groups (broad SMARTS) is 1. The topological polar surface area (TPSA) is 75.4 Å². The molecule has 0 fully saturated rings. The molecule has 0 spiro atoms. The molecule has 0 bridgehead atoms. The molecule has 94 valence electrons. The van der Waals surface area contributed by atoms with E-state index in [-0.39, 0.29) is 5.76 Å². The van der Waals surface area contributed by atoms with Crippen LogP contribution in [0.5, 0.6) is 0 Å². The third-order valence-electron chi connectivity index (χ3n) is 2.59. The Morgan fingerprint density at radius 3 is 2.89 bits per heavy atom. The number of hydrogen-bond donors (Lipinski definition) is 2. The van der Waals surface area contributed by atoms with Crippen molar-refractivity contribution >= 4 is 11.7 Å². The average molecular weight is 246 g/mol. The fraction of sp³-hybridized carbons (Fsp3) is 0.231. The van der Waals surface area contributed by atoms with Crippen LogP contribution in [0.1, 0.15) is 27.6 Å². The molecule has 1 aromatic carbocycles. The van der Waals surface area contributed by atoms with Gasteiger partial charge in [0.25, 0.3) is 0 Å². The molecular weight excluding hydrogens is 232 g/mol. The normalized spacial score (nSPS) is 10.3. The first-order valence-corrected chi connectivity index (χ1v) is 5.55. The molecule has 0 unspecified atom stereocenters. The number of aromatic carboxylic acids is 1. The van der Waals surface area contributed by atoms with Gasteiger partial charge in [-0.3, -0.25) is 0 Å². The first kappa shape index (κ1) is 12.2. The fourth-order valence-corrected chi connectivity index (χ4v) is 1.59. The third kappa shape index (κ3) is 2.68. The van der Waals surface area contributed by atoms with Crippen molar-refractivity contribution in [1.29, 1.82) is 0 Å². The molecule has 0 aliphatic carbocycles. The number of nitrogens with one attached hydrogen (secondary N) is 1. The Bertz CT molecular complexity index is 575. The third-order valence-corrected chi connectivity index (χ3v) is 2.59. The van der Waals surface area contributed by atoms with Crippen LogP contribution >= 0.6 is 0 Å². The fourth-order valence-electron chi connectivity index (χ4n) is 1.59. The molecule has 2 rings (SSSR count). The lowest BCUT2D eigenvalue weighted by Crippen LogP contribution is -2.01. The number of carbonyl (C=O) groups is 1. The Morgan fingerprint density at radius 2 is 2.22 bits per heavy atom. The minimum Gasteiger partial charge on any atom is -0.475 e. The van der Waals surface area contributed by atoms with Crippen molar-refractivity contribution in [1.82, 2.24) is 4.98 Å². The number of hydrogen-bond acceptors (Lipinski definition) is 4. The quantitative estimate of drug-likeness (QED) is 0.867. The van der Waals surface area contributed by atoms with Gasteiger partial charge in [0.1, 0.15) is 0 Å². The van der Waals surface area contributed by atoms with Crippen molar-refractivity contribution < 1.29 is 14.3 Å². The number of anilines is 1. The van der Waals surface area contributed by atoms with Crippen LogP contribution in [0, 0.1) is 13.8 Å². The monoisotopic (exact) mass is 246 g/mol. The molecule has 18 heavy (non-hydrogen) atoms. The van der Waals surface area contributed by atoms with Gasteiger partial charge in [0.05, 0.1) is 12.7 Å². The lowest BCUT2D eigenvalue weighted by molar-refractivity contribution is 0.0660. The maximum absolute atomic E-state index is 10.6. The SMILES string of the molecule is Cc1ccc(C)c(NCc2ncc(C(=O)O)o2)c1. The van der Waals surface area contributed by atoms with Crippen molar-refractivity contribution in [3.8, 4) is 0 Å². The van der Waals surface area contributed by atoms with Gasteiger partial charge in [0.15, 0.2) is 0 Å². The average Bonchev–Trinajstić information content (AvgIpc) is 2.79. The number of rotatable bonds is 4. The Balaban J connectivity index is 2.06. The minimum atomic E-state index is -1.11. The molecule has 0 atom stereocenters. The van der Waals surface area contributed by atoms with Gasteiger partial charge in [-0.05, 0) is 31.0 Å². The summed E-state index contributed by atoms with van der Waals surface area (Å²) in [5.74, 6) is -0.901. The summed E-state index contributed by atoms with van der Waals surface area (Å²) in [5, 5.41) is 11.9. The summed E-state index contributed by atoms with van der Waals surface area (Å²) in [6.45, 7) is 4.37. The van der Waals surface area contributed by atoms with E-state index >= 15 is 0 Å². The summed E-state index contributed by atoms with van der Waals surface area (Å²) >= 11 is 0. The van der Waals surface area contributed by atoms with Gasteiger partial charge in [0, 0.05) is 5.69 Å². The smallest absolute Gasteiger partial charge is 0.373 e. The molecule has 0 saturated carbocycles. The van der Waals surface area contributed by atoms with E-state index in [0.717, 1.165) is 16.8 Å². The summed E-state index contributed by atoms with van der Waals surface area (Å²) in [4.78, 5) is 14.5. The van der Waals surface area contributed by atoms with Crippen LogP contribution in [0.2, 0.25) is 0 Å². The maximum atomic E-state index is 10.6. The first-order chi connectivity index (χ1) is 8.56. The number of aryl methyl sites for hydroxylation is 2. The van der Waals surface area contributed by atoms with Crippen molar-refractivity contribution in [2.24, 2.45) is 0 Å². The molecule has 0 amide bonds. The van der Waals surface area contributed by atoms with Crippen LogP contribution in [0.4, 0.5) is 5.69 Å². The molecule has 2 aromatic rings. The van der Waals surface area contributed by atoms with Crippen LogP contribution < -0.4 is 5.32 Å². The second-order valence-corrected chi connectivity index (χ2v) is 4.10. The van der Waals surface area contributed by atoms with E-state index < -0.39 is 5.97 Å². The summed E-state index contributed by atoms with van der Waals surface area (Å²) in [5.41, 5.74) is 3.26. The Kier molecular flexibility index (Phi) is 3.32. The Morgan fingerprint density at radius 1 is 1.44 bits per heavy atom. The van der Waals surface area contributed by atoms with Gasteiger partial charge in [-0.2, -0.15) is 0 Å². The maximum Gasteiger partial charge on any atom is 0.373 e. The van der Waals surface area contributed by atoms with Gasteiger partial charge in [-0.25, -0.2) is 9.78 Å². The number of benzene rings is 1. The highest BCUT2D eigenvalue weighted by Gasteiger charge is 2.10. The van der Waals surface area contributed by atoms with Crippen molar-refractivity contribution in [3.63, 3.8) is 0 Å². The molecule has 5 nitrogen and oxygen atoms in total. The van der Waals surface area contributed by atoms with E-state index in [1.807, 2.05) is 32.0 Å². The lowest BCUT2D eigenvalue weighted by Gasteiger charge is -2.08. The van der Waals surface area contributed by atoms with Gasteiger partial charge in [0.2, 0.25) is 11.7 Å². The van der Waals surface area contributed by atoms with Gasteiger partial charge in [-0.15, -0.1) is 0 Å². The van der Waals surface area contributed by atoms with Crippen LogP contribution in [0.15, 0.2) is 28.8 Å². The molecule has 1 heterocycles. The van der Waals surface area contributed by atoms with E-state index in [4.69, 9.17) is 9.52 Å². The van der Waals surface area contributed by atoms with E-state index in [1.54, 1.807) is 0 Å². The Hall–Kier alpha value is -2.30. The van der Waals surface area contributed by atoms with Crippen LogP contribution in [-0.2, 0) is 6.54 Å². The van der Waals surface area contributed by atoms with E-state index in [9.17, 15) is 4.79 Å². The van der Waals surface area contributed by atoms with Crippen LogP contribution in [-0.4, -0.2) is 16.1 Å². The molecule has 2 N–H and O–H groups in total. The highest BCUT2D eigenvalue weighted by molar-refractivity contribution is 5.83. The number of carboxylic acids is 1. The Labute approximate surface area is 104 Å². The highest BCUT2D eigenvalue weighted by Crippen LogP contribution is 2.17. The summed E-state index contributed by atoms with van der Waals surface area (Å²) in [7, 11) is 0. The molecule has 0 aliphatic heterocycles. The van der Waals surface area contributed by atoms with E-state index in [1.165, 1.54) is 6.20 Å². The zero-order chi connectivity index (χ0) is 13.1. The molecule has 1 aromatic heterocycles. The predicted molar refractivity (Wildman–Crippen MR) is 66.7 cm³/mol. The molecule has 0 radical (unpaired) electrons. The number of oxazole rings is 1. The van der Waals surface area contributed by atoms with Crippen molar-refractivity contribution in [2.75, 3.05) is 5.32 Å². The second-order valence-electron chi connectivity index (χ2n) is 4.10.